The minimum absolute atomic E-state index is 0.122. The fourth-order valence-electron chi connectivity index (χ4n) is 2.98. The number of carbonyl (C=O) groups excluding carboxylic acids is 1. The van der Waals surface area contributed by atoms with Gasteiger partial charge in [0.15, 0.2) is 0 Å². The summed E-state index contributed by atoms with van der Waals surface area (Å²) in [5.41, 5.74) is 2.94. The summed E-state index contributed by atoms with van der Waals surface area (Å²) in [6.07, 6.45) is 1.04. The zero-order valence-electron chi connectivity index (χ0n) is 13.5. The van der Waals surface area contributed by atoms with E-state index in [-0.39, 0.29) is 5.91 Å². The molecule has 1 fully saturated rings. The van der Waals surface area contributed by atoms with E-state index in [1.54, 1.807) is 0 Å². The van der Waals surface area contributed by atoms with Crippen LogP contribution in [0.2, 0.25) is 5.02 Å². The first-order valence-electron chi connectivity index (χ1n) is 7.86. The minimum Gasteiger partial charge on any atom is -0.337 e. The van der Waals surface area contributed by atoms with Gasteiger partial charge in [0.2, 0.25) is 0 Å². The van der Waals surface area contributed by atoms with Crippen molar-refractivity contribution >= 4 is 17.5 Å². The topological polar surface area (TPSA) is 23.6 Å². The lowest BCUT2D eigenvalue weighted by molar-refractivity contribution is 0.0783. The molecule has 0 aromatic heterocycles. The van der Waals surface area contributed by atoms with Gasteiger partial charge in [0.05, 0.1) is 0 Å². The highest BCUT2D eigenvalue weighted by molar-refractivity contribution is 6.30. The van der Waals surface area contributed by atoms with Gasteiger partial charge in [-0.15, -0.1) is 0 Å². The van der Waals surface area contributed by atoms with Crippen LogP contribution < -0.4 is 0 Å². The number of benzene rings is 2. The zero-order valence-corrected chi connectivity index (χ0v) is 14.3. The van der Waals surface area contributed by atoms with Gasteiger partial charge < -0.3 is 9.80 Å². The molecular weight excluding hydrogens is 308 g/mol. The molecule has 3 nitrogen and oxygen atoms in total. The molecular formula is C19H21ClN2O. The van der Waals surface area contributed by atoms with Gasteiger partial charge in [0.1, 0.15) is 0 Å². The van der Waals surface area contributed by atoms with Crippen LogP contribution in [0.5, 0.6) is 0 Å². The predicted octanol–water partition coefficient (Wildman–Crippen LogP) is 3.78. The van der Waals surface area contributed by atoms with E-state index in [0.29, 0.717) is 6.04 Å². The van der Waals surface area contributed by atoms with Crippen molar-refractivity contribution in [2.24, 2.45) is 0 Å². The number of nitrogens with zero attached hydrogens (tertiary/aromatic N) is 2. The van der Waals surface area contributed by atoms with Gasteiger partial charge in [-0.3, -0.25) is 4.79 Å². The molecule has 0 aliphatic carbocycles. The van der Waals surface area contributed by atoms with Crippen molar-refractivity contribution in [3.05, 3.63) is 59.1 Å². The van der Waals surface area contributed by atoms with Crippen molar-refractivity contribution in [2.45, 2.75) is 12.5 Å². The van der Waals surface area contributed by atoms with Crippen LogP contribution in [-0.4, -0.2) is 48.9 Å². The molecule has 0 radical (unpaired) electrons. The molecule has 1 aliphatic rings. The summed E-state index contributed by atoms with van der Waals surface area (Å²) in [5.74, 6) is 0.122. The monoisotopic (exact) mass is 328 g/mol. The maximum absolute atomic E-state index is 12.6. The Bertz CT molecular complexity index is 680. The molecule has 2 aromatic rings. The van der Waals surface area contributed by atoms with Gasteiger partial charge in [-0.25, -0.2) is 0 Å². The third-order valence-corrected chi connectivity index (χ3v) is 4.74. The van der Waals surface area contributed by atoms with E-state index in [1.165, 1.54) is 0 Å². The number of halogens is 1. The van der Waals surface area contributed by atoms with Crippen LogP contribution in [-0.2, 0) is 0 Å². The summed E-state index contributed by atoms with van der Waals surface area (Å²) in [6.45, 7) is 1.64. The van der Waals surface area contributed by atoms with Gasteiger partial charge >= 0.3 is 0 Å². The second kappa shape index (κ2) is 6.73. The molecule has 0 saturated carbocycles. The number of likely N-dealkylation sites (tertiary alicyclic amines) is 1. The molecule has 1 heterocycles. The average Bonchev–Trinajstić information content (AvgIpc) is 3.05. The maximum Gasteiger partial charge on any atom is 0.253 e. The van der Waals surface area contributed by atoms with Gasteiger partial charge in [-0.1, -0.05) is 35.9 Å². The molecule has 4 heteroatoms. The predicted molar refractivity (Wildman–Crippen MR) is 94.9 cm³/mol. The van der Waals surface area contributed by atoms with E-state index in [4.69, 9.17) is 11.6 Å². The van der Waals surface area contributed by atoms with E-state index in [1.807, 2.05) is 53.4 Å². The standard InChI is InChI=1S/C19H21ClN2O/c1-21(2)18-11-12-22(13-18)19(23)16-5-3-14(4-6-16)15-7-9-17(20)10-8-15/h3-10,18H,11-13H2,1-2H3/t18-/m1/s1. The molecule has 23 heavy (non-hydrogen) atoms. The van der Waals surface area contributed by atoms with Crippen molar-refractivity contribution in [3.63, 3.8) is 0 Å². The second-order valence-corrected chi connectivity index (χ2v) is 6.68. The number of hydrogen-bond acceptors (Lipinski definition) is 2. The largest absolute Gasteiger partial charge is 0.337 e. The van der Waals surface area contributed by atoms with Crippen molar-refractivity contribution in [1.82, 2.24) is 9.80 Å². The molecule has 0 bridgehead atoms. The fourth-order valence-corrected chi connectivity index (χ4v) is 3.10. The van der Waals surface area contributed by atoms with Crippen LogP contribution >= 0.6 is 11.6 Å². The molecule has 0 unspecified atom stereocenters. The Morgan fingerprint density at radius 2 is 1.61 bits per heavy atom. The normalized spacial score (nSPS) is 17.7. The van der Waals surface area contributed by atoms with Crippen molar-refractivity contribution in [2.75, 3.05) is 27.2 Å². The number of likely N-dealkylation sites (N-methyl/N-ethyl adjacent to an activating group) is 1. The quantitative estimate of drug-likeness (QED) is 0.856. The van der Waals surface area contributed by atoms with Crippen molar-refractivity contribution < 1.29 is 4.79 Å². The Hall–Kier alpha value is -1.84. The number of hydrogen-bond donors (Lipinski definition) is 0. The second-order valence-electron chi connectivity index (χ2n) is 6.24. The van der Waals surface area contributed by atoms with E-state index in [2.05, 4.69) is 19.0 Å². The zero-order chi connectivity index (χ0) is 16.4. The summed E-state index contributed by atoms with van der Waals surface area (Å²) in [6, 6.07) is 16.0. The van der Waals surface area contributed by atoms with Crippen LogP contribution in [0.4, 0.5) is 0 Å². The molecule has 1 amide bonds. The molecule has 1 aliphatic heterocycles. The highest BCUT2D eigenvalue weighted by Gasteiger charge is 2.27. The Labute approximate surface area is 142 Å². The van der Waals surface area contributed by atoms with Crippen LogP contribution in [0, 0.1) is 0 Å². The van der Waals surface area contributed by atoms with Gasteiger partial charge in [0, 0.05) is 29.7 Å². The van der Waals surface area contributed by atoms with Gasteiger partial charge in [-0.2, -0.15) is 0 Å². The van der Waals surface area contributed by atoms with E-state index >= 15 is 0 Å². The lowest BCUT2D eigenvalue weighted by Gasteiger charge is -2.20. The summed E-state index contributed by atoms with van der Waals surface area (Å²) in [7, 11) is 4.14. The highest BCUT2D eigenvalue weighted by Crippen LogP contribution is 2.23. The molecule has 0 spiro atoms. The number of carbonyl (C=O) groups is 1. The van der Waals surface area contributed by atoms with Gasteiger partial charge in [0.25, 0.3) is 5.91 Å². The lowest BCUT2D eigenvalue weighted by Crippen LogP contribution is -2.34. The molecule has 1 saturated heterocycles. The third kappa shape index (κ3) is 3.57. The first kappa shape index (κ1) is 16.0. The van der Waals surface area contributed by atoms with E-state index in [0.717, 1.165) is 41.2 Å². The SMILES string of the molecule is CN(C)[C@@H]1CCN(C(=O)c2ccc(-c3ccc(Cl)cc3)cc2)C1. The Morgan fingerprint density at radius 3 is 2.13 bits per heavy atom. The summed E-state index contributed by atoms with van der Waals surface area (Å²) >= 11 is 5.92. The average molecular weight is 329 g/mol. The first-order valence-corrected chi connectivity index (χ1v) is 8.24. The smallest absolute Gasteiger partial charge is 0.253 e. The molecule has 3 rings (SSSR count). The lowest BCUT2D eigenvalue weighted by atomic mass is 10.0. The third-order valence-electron chi connectivity index (χ3n) is 4.49. The van der Waals surface area contributed by atoms with Crippen molar-refractivity contribution in [3.8, 4) is 11.1 Å². The maximum atomic E-state index is 12.6. The molecule has 2 aromatic carbocycles. The molecule has 120 valence electrons. The summed E-state index contributed by atoms with van der Waals surface area (Å²) < 4.78 is 0. The highest BCUT2D eigenvalue weighted by atomic mass is 35.5. The molecule has 1 atom stereocenters. The van der Waals surface area contributed by atoms with Crippen LogP contribution in [0.3, 0.4) is 0 Å². The van der Waals surface area contributed by atoms with Crippen LogP contribution in [0.25, 0.3) is 11.1 Å². The summed E-state index contributed by atoms with van der Waals surface area (Å²) in [5, 5.41) is 0.727. The Morgan fingerprint density at radius 1 is 1.04 bits per heavy atom. The Balaban J connectivity index is 1.72. The Kier molecular flexibility index (Phi) is 4.69. The first-order chi connectivity index (χ1) is 11.0. The van der Waals surface area contributed by atoms with Gasteiger partial charge in [-0.05, 0) is 55.9 Å². The van der Waals surface area contributed by atoms with E-state index < -0.39 is 0 Å². The fraction of sp³-hybridized carbons (Fsp3) is 0.316. The van der Waals surface area contributed by atoms with Crippen LogP contribution in [0.1, 0.15) is 16.8 Å². The number of amides is 1. The summed E-state index contributed by atoms with van der Waals surface area (Å²) in [4.78, 5) is 16.7. The minimum atomic E-state index is 0.122. The molecule has 0 N–H and O–H groups in total. The van der Waals surface area contributed by atoms with Crippen molar-refractivity contribution in [1.29, 1.82) is 0 Å². The number of rotatable bonds is 3. The van der Waals surface area contributed by atoms with Crippen LogP contribution in [0.15, 0.2) is 48.5 Å². The van der Waals surface area contributed by atoms with E-state index in [9.17, 15) is 4.79 Å².